The van der Waals surface area contributed by atoms with E-state index in [4.69, 9.17) is 0 Å². The minimum Gasteiger partial charge on any atom is -0.300 e. The van der Waals surface area contributed by atoms with E-state index in [2.05, 4.69) is 13.0 Å². The summed E-state index contributed by atoms with van der Waals surface area (Å²) in [6, 6.07) is 0. The first-order valence-corrected chi connectivity index (χ1v) is 4.83. The maximum absolute atomic E-state index is 10.9. The molecule has 0 radical (unpaired) electrons. The smallest absolute Gasteiger partial charge is 0.130 e. The Labute approximate surface area is 75.9 Å². The topological polar surface area (TPSA) is 17.1 Å². The summed E-state index contributed by atoms with van der Waals surface area (Å²) in [6.45, 7) is 5.86. The van der Waals surface area contributed by atoms with Gasteiger partial charge in [-0.05, 0) is 26.2 Å². The van der Waals surface area contributed by atoms with Gasteiger partial charge < -0.3 is 4.79 Å². The number of hydrogen-bond donors (Lipinski definition) is 0. The quantitative estimate of drug-likeness (QED) is 0.556. The van der Waals surface area contributed by atoms with Crippen molar-refractivity contribution in [2.24, 2.45) is 5.92 Å². The zero-order valence-electron chi connectivity index (χ0n) is 8.47. The molecule has 0 aliphatic rings. The molecule has 70 valence electrons. The molecule has 0 aliphatic carbocycles. The normalized spacial score (nSPS) is 13.6. The molecule has 1 unspecified atom stereocenters. The zero-order chi connectivity index (χ0) is 9.40. The lowest BCUT2D eigenvalue weighted by Crippen LogP contribution is -2.02. The van der Waals surface area contributed by atoms with Crippen molar-refractivity contribution in [2.75, 3.05) is 0 Å². The third kappa shape index (κ3) is 6.14. The van der Waals surface area contributed by atoms with Crippen LogP contribution in [0.3, 0.4) is 0 Å². The molecule has 0 spiro atoms. The van der Waals surface area contributed by atoms with Crippen molar-refractivity contribution in [3.05, 3.63) is 12.2 Å². The van der Waals surface area contributed by atoms with Crippen LogP contribution in [0.1, 0.15) is 46.5 Å². The van der Waals surface area contributed by atoms with Crippen LogP contribution in [0.25, 0.3) is 0 Å². The third-order valence-corrected chi connectivity index (χ3v) is 1.94. The minimum absolute atomic E-state index is 0.300. The second-order valence-corrected chi connectivity index (χ2v) is 3.33. The lowest BCUT2D eigenvalue weighted by Gasteiger charge is -2.08. The van der Waals surface area contributed by atoms with Gasteiger partial charge >= 0.3 is 0 Å². The highest BCUT2D eigenvalue weighted by molar-refractivity contribution is 5.75. The molecule has 0 rings (SSSR count). The lowest BCUT2D eigenvalue weighted by molar-refractivity contribution is -0.117. The van der Waals surface area contributed by atoms with Crippen molar-refractivity contribution in [2.45, 2.75) is 46.5 Å². The highest BCUT2D eigenvalue weighted by Gasteiger charge is 2.06. The second-order valence-electron chi connectivity index (χ2n) is 3.33. The largest absolute Gasteiger partial charge is 0.300 e. The third-order valence-electron chi connectivity index (χ3n) is 1.94. The Morgan fingerprint density at radius 1 is 1.50 bits per heavy atom. The van der Waals surface area contributed by atoms with E-state index in [1.165, 1.54) is 12.8 Å². The average Bonchev–Trinajstić information content (AvgIpc) is 2.00. The maximum atomic E-state index is 10.9. The van der Waals surface area contributed by atoms with E-state index in [9.17, 15) is 4.79 Å². The van der Waals surface area contributed by atoms with Gasteiger partial charge in [-0.3, -0.25) is 0 Å². The summed E-state index contributed by atoms with van der Waals surface area (Å²) in [5.41, 5.74) is 0. The molecule has 0 saturated carbocycles. The molecular formula is C11H20O. The van der Waals surface area contributed by atoms with Gasteiger partial charge in [0.15, 0.2) is 0 Å². The molecular weight excluding hydrogens is 148 g/mol. The van der Waals surface area contributed by atoms with E-state index in [1.807, 2.05) is 13.0 Å². The van der Waals surface area contributed by atoms with Gasteiger partial charge in [0.2, 0.25) is 0 Å². The Hall–Kier alpha value is -0.590. The van der Waals surface area contributed by atoms with Crippen LogP contribution in [-0.2, 0) is 4.79 Å². The van der Waals surface area contributed by atoms with Crippen molar-refractivity contribution in [3.63, 3.8) is 0 Å². The van der Waals surface area contributed by atoms with Crippen LogP contribution >= 0.6 is 0 Å². The number of carbonyl (C=O) groups excluding carboxylic acids is 1. The summed E-state index contributed by atoms with van der Waals surface area (Å²) >= 11 is 0. The van der Waals surface area contributed by atoms with E-state index in [-0.39, 0.29) is 0 Å². The fraction of sp³-hybridized carbons (Fsp3) is 0.727. The van der Waals surface area contributed by atoms with Crippen LogP contribution in [0.4, 0.5) is 0 Å². The van der Waals surface area contributed by atoms with Gasteiger partial charge in [-0.2, -0.15) is 0 Å². The van der Waals surface area contributed by atoms with Gasteiger partial charge in [0.25, 0.3) is 0 Å². The summed E-state index contributed by atoms with van der Waals surface area (Å²) in [4.78, 5) is 10.9. The molecule has 0 N–H and O–H groups in total. The highest BCUT2D eigenvalue weighted by atomic mass is 16.1. The molecule has 12 heavy (non-hydrogen) atoms. The molecule has 0 aromatic carbocycles. The van der Waals surface area contributed by atoms with Crippen LogP contribution in [0.2, 0.25) is 0 Å². The summed E-state index contributed by atoms with van der Waals surface area (Å²) < 4.78 is 0. The predicted molar refractivity (Wildman–Crippen MR) is 53.1 cm³/mol. The first-order chi connectivity index (χ1) is 5.70. The van der Waals surface area contributed by atoms with Gasteiger partial charge in [-0.15, -0.1) is 0 Å². The van der Waals surface area contributed by atoms with Crippen LogP contribution < -0.4 is 0 Å². The highest BCUT2D eigenvalue weighted by Crippen LogP contribution is 2.14. The van der Waals surface area contributed by atoms with Crippen molar-refractivity contribution >= 4 is 5.78 Å². The number of unbranched alkanes of at least 4 members (excludes halogenated alkanes) is 1. The fourth-order valence-electron chi connectivity index (χ4n) is 1.37. The molecule has 1 heteroatoms. The summed E-state index contributed by atoms with van der Waals surface area (Å²) in [7, 11) is 0. The monoisotopic (exact) mass is 168 g/mol. The van der Waals surface area contributed by atoms with Gasteiger partial charge in [0.05, 0.1) is 0 Å². The molecule has 0 aromatic rings. The van der Waals surface area contributed by atoms with Gasteiger partial charge in [0, 0.05) is 6.42 Å². The van der Waals surface area contributed by atoms with Gasteiger partial charge in [0.1, 0.15) is 5.78 Å². The first kappa shape index (κ1) is 11.4. The van der Waals surface area contributed by atoms with E-state index in [1.54, 1.807) is 6.92 Å². The number of allylic oxidation sites excluding steroid dienone is 2. The molecule has 0 aliphatic heterocycles. The fourth-order valence-corrected chi connectivity index (χ4v) is 1.37. The SMILES string of the molecule is C/C=C/C(CCCC)CC(C)=O. The molecule has 0 amide bonds. The Morgan fingerprint density at radius 3 is 2.58 bits per heavy atom. The molecule has 0 bridgehead atoms. The average molecular weight is 168 g/mol. The minimum atomic E-state index is 0.300. The summed E-state index contributed by atoms with van der Waals surface area (Å²) in [5.74, 6) is 0.779. The summed E-state index contributed by atoms with van der Waals surface area (Å²) in [6.07, 6.45) is 8.50. The number of Topliss-reactive ketones (excluding diaryl/α,β-unsaturated/α-hetero) is 1. The van der Waals surface area contributed by atoms with Crippen LogP contribution in [0.15, 0.2) is 12.2 Å². The Bertz CT molecular complexity index is 147. The van der Waals surface area contributed by atoms with E-state index < -0.39 is 0 Å². The Balaban J connectivity index is 3.77. The zero-order valence-corrected chi connectivity index (χ0v) is 8.47. The number of carbonyl (C=O) groups is 1. The summed E-state index contributed by atoms with van der Waals surface area (Å²) in [5, 5.41) is 0. The Kier molecular flexibility index (Phi) is 6.73. The molecule has 0 heterocycles. The predicted octanol–water partition coefficient (Wildman–Crippen LogP) is 3.35. The van der Waals surface area contributed by atoms with Crippen molar-refractivity contribution < 1.29 is 4.79 Å². The molecule has 0 saturated heterocycles. The van der Waals surface area contributed by atoms with Crippen molar-refractivity contribution in [1.82, 2.24) is 0 Å². The second kappa shape index (κ2) is 7.08. The number of ketones is 1. The molecule has 1 nitrogen and oxygen atoms in total. The van der Waals surface area contributed by atoms with Crippen LogP contribution in [-0.4, -0.2) is 5.78 Å². The number of rotatable bonds is 6. The number of hydrogen-bond acceptors (Lipinski definition) is 1. The van der Waals surface area contributed by atoms with Crippen molar-refractivity contribution in [1.29, 1.82) is 0 Å². The van der Waals surface area contributed by atoms with Crippen molar-refractivity contribution in [3.8, 4) is 0 Å². The van der Waals surface area contributed by atoms with E-state index in [0.29, 0.717) is 18.1 Å². The molecule has 0 fully saturated rings. The van der Waals surface area contributed by atoms with Gasteiger partial charge in [-0.25, -0.2) is 0 Å². The molecule has 1 atom stereocenters. The van der Waals surface area contributed by atoms with Crippen LogP contribution in [0.5, 0.6) is 0 Å². The maximum Gasteiger partial charge on any atom is 0.130 e. The lowest BCUT2D eigenvalue weighted by atomic mass is 9.96. The molecule has 0 aromatic heterocycles. The standard InChI is InChI=1S/C11H20O/c1-4-6-8-11(7-5-2)9-10(3)12/h5,7,11H,4,6,8-9H2,1-3H3/b7-5+. The first-order valence-electron chi connectivity index (χ1n) is 4.83. The van der Waals surface area contributed by atoms with E-state index in [0.717, 1.165) is 6.42 Å². The van der Waals surface area contributed by atoms with Gasteiger partial charge in [-0.1, -0.05) is 31.9 Å². The van der Waals surface area contributed by atoms with E-state index >= 15 is 0 Å². The van der Waals surface area contributed by atoms with Crippen LogP contribution in [0, 0.1) is 5.92 Å². The Morgan fingerprint density at radius 2 is 2.17 bits per heavy atom.